The van der Waals surface area contributed by atoms with Crippen LogP contribution in [0.1, 0.15) is 44.1 Å². The third-order valence-corrected chi connectivity index (χ3v) is 5.39. The molecule has 0 aromatic heterocycles. The molecule has 1 saturated heterocycles. The maximum Gasteiger partial charge on any atom is 0.222 e. The van der Waals surface area contributed by atoms with Crippen molar-refractivity contribution in [3.05, 3.63) is 34.3 Å². The minimum absolute atomic E-state index is 0. The van der Waals surface area contributed by atoms with Gasteiger partial charge in [0.25, 0.3) is 0 Å². The van der Waals surface area contributed by atoms with Crippen LogP contribution >= 0.6 is 28.3 Å². The summed E-state index contributed by atoms with van der Waals surface area (Å²) < 4.78 is 6.52. The summed E-state index contributed by atoms with van der Waals surface area (Å²) in [4.78, 5) is 12.6. The lowest BCUT2D eigenvalue weighted by Crippen LogP contribution is -2.50. The van der Waals surface area contributed by atoms with E-state index in [4.69, 9.17) is 4.74 Å². The third-order valence-electron chi connectivity index (χ3n) is 4.89. The van der Waals surface area contributed by atoms with E-state index in [1.54, 1.807) is 0 Å². The van der Waals surface area contributed by atoms with Crippen LogP contribution in [0.3, 0.4) is 0 Å². The Morgan fingerprint density at radius 3 is 2.79 bits per heavy atom. The molecule has 2 fully saturated rings. The molecular weight excluding hydrogens is 392 g/mol. The van der Waals surface area contributed by atoms with Gasteiger partial charge in [-0.15, -0.1) is 12.4 Å². The van der Waals surface area contributed by atoms with Gasteiger partial charge in [-0.25, -0.2) is 0 Å². The quantitative estimate of drug-likeness (QED) is 0.788. The highest BCUT2D eigenvalue weighted by Crippen LogP contribution is 2.38. The molecule has 3 rings (SSSR count). The summed E-state index contributed by atoms with van der Waals surface area (Å²) in [6.45, 7) is 2.19. The van der Waals surface area contributed by atoms with Crippen LogP contribution in [0.15, 0.2) is 28.7 Å². The van der Waals surface area contributed by atoms with Crippen LogP contribution in [-0.2, 0) is 15.1 Å². The monoisotopic (exact) mass is 416 g/mol. The molecule has 1 unspecified atom stereocenters. The first kappa shape index (κ1) is 19.7. The van der Waals surface area contributed by atoms with Gasteiger partial charge in [0.1, 0.15) is 0 Å². The fourth-order valence-electron chi connectivity index (χ4n) is 3.72. The second-order valence-electron chi connectivity index (χ2n) is 6.63. The van der Waals surface area contributed by atoms with Crippen LogP contribution in [-0.4, -0.2) is 31.7 Å². The Hall–Kier alpha value is -0.620. The molecule has 0 bridgehead atoms. The number of hydrogen-bond acceptors (Lipinski definition) is 3. The minimum atomic E-state index is -0.214. The van der Waals surface area contributed by atoms with Crippen LogP contribution in [0.4, 0.5) is 0 Å². The van der Waals surface area contributed by atoms with Gasteiger partial charge in [0.15, 0.2) is 0 Å². The SMILES string of the molecule is Cl.O=C(CC1COCCN1)NC1(c2cccc(Br)c2)CCCCC1. The second-order valence-corrected chi connectivity index (χ2v) is 7.55. The lowest BCUT2D eigenvalue weighted by Gasteiger charge is -2.39. The Balaban J connectivity index is 0.00000208. The lowest BCUT2D eigenvalue weighted by molar-refractivity contribution is -0.124. The average Bonchev–Trinajstić information content (AvgIpc) is 2.56. The Bertz CT molecular complexity index is 544. The zero-order chi connectivity index (χ0) is 16.1. The number of hydrogen-bond donors (Lipinski definition) is 2. The van der Waals surface area contributed by atoms with Gasteiger partial charge in [0.05, 0.1) is 18.8 Å². The van der Waals surface area contributed by atoms with Gasteiger partial charge >= 0.3 is 0 Å². The molecule has 24 heavy (non-hydrogen) atoms. The van der Waals surface area contributed by atoms with E-state index in [2.05, 4.69) is 44.8 Å². The number of carbonyl (C=O) groups is 1. The Labute approximate surface area is 158 Å². The number of halogens is 2. The van der Waals surface area contributed by atoms with Crippen LogP contribution in [0.2, 0.25) is 0 Å². The Morgan fingerprint density at radius 2 is 2.12 bits per heavy atom. The van der Waals surface area contributed by atoms with Crippen molar-refractivity contribution < 1.29 is 9.53 Å². The highest BCUT2D eigenvalue weighted by Gasteiger charge is 2.35. The van der Waals surface area contributed by atoms with Crippen molar-refractivity contribution in [2.75, 3.05) is 19.8 Å². The summed E-state index contributed by atoms with van der Waals surface area (Å²) in [7, 11) is 0. The molecule has 0 radical (unpaired) electrons. The normalized spacial score (nSPS) is 23.1. The topological polar surface area (TPSA) is 50.4 Å². The zero-order valence-electron chi connectivity index (χ0n) is 13.9. The Morgan fingerprint density at radius 1 is 1.33 bits per heavy atom. The summed E-state index contributed by atoms with van der Waals surface area (Å²) in [6.07, 6.45) is 6.10. The molecular formula is C18H26BrClN2O2. The van der Waals surface area contributed by atoms with E-state index >= 15 is 0 Å². The minimum Gasteiger partial charge on any atom is -0.378 e. The van der Waals surface area contributed by atoms with E-state index in [1.807, 2.05) is 6.07 Å². The van der Waals surface area contributed by atoms with E-state index in [0.717, 1.165) is 43.3 Å². The standard InChI is InChI=1S/C18H25BrN2O2.ClH/c19-15-6-4-5-14(11-15)18(7-2-1-3-8-18)21-17(22)12-16-13-23-10-9-20-16;/h4-6,11,16,20H,1-3,7-10,12-13H2,(H,21,22);1H. The molecule has 1 aliphatic carbocycles. The van der Waals surface area contributed by atoms with Crippen LogP contribution in [0.25, 0.3) is 0 Å². The maximum atomic E-state index is 12.6. The number of benzene rings is 1. The molecule has 2 aliphatic rings. The molecule has 1 heterocycles. The number of nitrogens with one attached hydrogen (secondary N) is 2. The van der Waals surface area contributed by atoms with E-state index in [9.17, 15) is 4.79 Å². The maximum absolute atomic E-state index is 12.6. The molecule has 1 saturated carbocycles. The van der Waals surface area contributed by atoms with Gasteiger partial charge < -0.3 is 15.4 Å². The average molecular weight is 418 g/mol. The van der Waals surface area contributed by atoms with E-state index in [0.29, 0.717) is 13.0 Å². The Kier molecular flexibility index (Phi) is 7.54. The number of ether oxygens (including phenoxy) is 1. The predicted octanol–water partition coefficient (Wildman–Crippen LogP) is 3.53. The van der Waals surface area contributed by atoms with Crippen LogP contribution < -0.4 is 10.6 Å². The highest BCUT2D eigenvalue weighted by molar-refractivity contribution is 9.10. The van der Waals surface area contributed by atoms with Gasteiger partial charge in [-0.05, 0) is 30.5 Å². The molecule has 4 nitrogen and oxygen atoms in total. The number of rotatable bonds is 4. The van der Waals surface area contributed by atoms with Gasteiger partial charge in [0, 0.05) is 23.5 Å². The molecule has 1 aromatic carbocycles. The van der Waals surface area contributed by atoms with Gasteiger partial charge in [-0.1, -0.05) is 47.3 Å². The molecule has 1 amide bonds. The zero-order valence-corrected chi connectivity index (χ0v) is 16.3. The molecule has 6 heteroatoms. The fourth-order valence-corrected chi connectivity index (χ4v) is 4.12. The van der Waals surface area contributed by atoms with E-state index < -0.39 is 0 Å². The van der Waals surface area contributed by atoms with Crippen LogP contribution in [0, 0.1) is 0 Å². The van der Waals surface area contributed by atoms with Gasteiger partial charge in [-0.2, -0.15) is 0 Å². The fraction of sp³-hybridized carbons (Fsp3) is 0.611. The largest absolute Gasteiger partial charge is 0.378 e. The molecule has 1 atom stereocenters. The van der Waals surface area contributed by atoms with Gasteiger partial charge in [0.2, 0.25) is 5.91 Å². The van der Waals surface area contributed by atoms with Crippen molar-refractivity contribution in [2.45, 2.75) is 50.1 Å². The first-order valence-electron chi connectivity index (χ1n) is 8.56. The van der Waals surface area contributed by atoms with Crippen LogP contribution in [0.5, 0.6) is 0 Å². The number of morpholine rings is 1. The predicted molar refractivity (Wildman–Crippen MR) is 102 cm³/mol. The third kappa shape index (κ3) is 4.94. The van der Waals surface area contributed by atoms with Crippen molar-refractivity contribution in [1.82, 2.24) is 10.6 Å². The van der Waals surface area contributed by atoms with Gasteiger partial charge in [-0.3, -0.25) is 4.79 Å². The summed E-state index contributed by atoms with van der Waals surface area (Å²) in [5.74, 6) is 0.120. The molecule has 2 N–H and O–H groups in total. The summed E-state index contributed by atoms with van der Waals surface area (Å²) in [5, 5.41) is 6.72. The summed E-state index contributed by atoms with van der Waals surface area (Å²) in [6, 6.07) is 8.50. The van der Waals surface area contributed by atoms with Crippen molar-refractivity contribution in [3.8, 4) is 0 Å². The molecule has 134 valence electrons. The van der Waals surface area contributed by atoms with Crippen molar-refractivity contribution in [1.29, 1.82) is 0 Å². The smallest absolute Gasteiger partial charge is 0.222 e. The lowest BCUT2D eigenvalue weighted by atomic mass is 9.76. The van der Waals surface area contributed by atoms with Crippen molar-refractivity contribution in [2.24, 2.45) is 0 Å². The second kappa shape index (κ2) is 9.18. The van der Waals surface area contributed by atoms with E-state index in [1.165, 1.54) is 12.0 Å². The number of carbonyl (C=O) groups excluding carboxylic acids is 1. The van der Waals surface area contributed by atoms with E-state index in [-0.39, 0.29) is 29.9 Å². The van der Waals surface area contributed by atoms with Crippen molar-refractivity contribution in [3.63, 3.8) is 0 Å². The molecule has 1 aliphatic heterocycles. The molecule has 0 spiro atoms. The highest BCUT2D eigenvalue weighted by atomic mass is 79.9. The molecule has 1 aromatic rings. The summed E-state index contributed by atoms with van der Waals surface area (Å²) in [5.41, 5.74) is 1.00. The number of amides is 1. The summed E-state index contributed by atoms with van der Waals surface area (Å²) >= 11 is 3.56. The first-order chi connectivity index (χ1) is 11.2. The first-order valence-corrected chi connectivity index (χ1v) is 9.35. The van der Waals surface area contributed by atoms with Crippen molar-refractivity contribution >= 4 is 34.2 Å².